The number of hydrogen-bond donors (Lipinski definition) is 1. The van der Waals surface area contributed by atoms with Crippen LogP contribution in [0.25, 0.3) is 0 Å². The van der Waals surface area contributed by atoms with Crippen molar-refractivity contribution in [2.75, 3.05) is 13.1 Å². The zero-order valence-electron chi connectivity index (χ0n) is 12.2. The van der Waals surface area contributed by atoms with E-state index < -0.39 is 0 Å². The van der Waals surface area contributed by atoms with Gasteiger partial charge in [-0.25, -0.2) is 4.39 Å². The minimum atomic E-state index is -0.231. The summed E-state index contributed by atoms with van der Waals surface area (Å²) in [4.78, 5) is 4.61. The fourth-order valence-corrected chi connectivity index (χ4v) is 3.86. The lowest BCUT2D eigenvalue weighted by molar-refractivity contribution is 0.264. The van der Waals surface area contributed by atoms with Crippen LogP contribution < -0.4 is 5.32 Å². The normalized spacial score (nSPS) is 26.7. The number of nitrogens with zero attached hydrogens (tertiary/aromatic N) is 2. The highest BCUT2D eigenvalue weighted by molar-refractivity contribution is 5.85. The van der Waals surface area contributed by atoms with E-state index in [-0.39, 0.29) is 23.6 Å². The van der Waals surface area contributed by atoms with Crippen LogP contribution in [-0.4, -0.2) is 23.2 Å². The summed E-state index contributed by atoms with van der Waals surface area (Å²) in [6, 6.07) is 6.55. The van der Waals surface area contributed by atoms with Gasteiger partial charge in [-0.2, -0.15) is 4.98 Å². The second kappa shape index (κ2) is 5.97. The fraction of sp³-hybridized carbons (Fsp3) is 0.500. The lowest BCUT2D eigenvalue weighted by atomic mass is 9.80. The second-order valence-corrected chi connectivity index (χ2v) is 6.20. The van der Waals surface area contributed by atoms with E-state index in [0.29, 0.717) is 18.2 Å². The van der Waals surface area contributed by atoms with Crippen molar-refractivity contribution in [1.82, 2.24) is 15.5 Å². The summed E-state index contributed by atoms with van der Waals surface area (Å²) in [5, 5.41) is 7.56. The van der Waals surface area contributed by atoms with Gasteiger partial charge in [0.2, 0.25) is 5.89 Å². The van der Waals surface area contributed by atoms with E-state index >= 15 is 0 Å². The van der Waals surface area contributed by atoms with Crippen LogP contribution >= 0.6 is 12.4 Å². The van der Waals surface area contributed by atoms with Gasteiger partial charge in [0.1, 0.15) is 5.82 Å². The molecule has 0 bridgehead atoms. The molecule has 4 rings (SSSR count). The largest absolute Gasteiger partial charge is 0.339 e. The maximum atomic E-state index is 13.2. The van der Waals surface area contributed by atoms with Crippen molar-refractivity contribution >= 4 is 12.4 Å². The molecule has 1 aromatic carbocycles. The van der Waals surface area contributed by atoms with Gasteiger partial charge in [-0.15, -0.1) is 12.4 Å². The molecule has 1 aliphatic heterocycles. The van der Waals surface area contributed by atoms with Crippen LogP contribution in [-0.2, 0) is 11.8 Å². The average molecular weight is 324 g/mol. The molecular weight excluding hydrogens is 305 g/mol. The maximum Gasteiger partial charge on any atom is 0.234 e. The lowest BCUT2D eigenvalue weighted by Crippen LogP contribution is -2.31. The van der Waals surface area contributed by atoms with E-state index in [2.05, 4.69) is 15.5 Å². The Hall–Kier alpha value is -1.46. The molecule has 2 aromatic rings. The molecule has 2 fully saturated rings. The molecule has 2 atom stereocenters. The summed E-state index contributed by atoms with van der Waals surface area (Å²) in [7, 11) is 0. The molecule has 0 radical (unpaired) electrons. The molecule has 22 heavy (non-hydrogen) atoms. The van der Waals surface area contributed by atoms with E-state index in [4.69, 9.17) is 4.52 Å². The minimum absolute atomic E-state index is 0. The van der Waals surface area contributed by atoms with Gasteiger partial charge in [0.05, 0.1) is 5.41 Å². The molecule has 0 unspecified atom stereocenters. The Balaban J connectivity index is 0.00000144. The predicted octanol–water partition coefficient (Wildman–Crippen LogP) is 2.86. The van der Waals surface area contributed by atoms with Crippen molar-refractivity contribution in [3.8, 4) is 0 Å². The third-order valence-electron chi connectivity index (χ3n) is 4.93. The fourth-order valence-electron chi connectivity index (χ4n) is 3.86. The van der Waals surface area contributed by atoms with Crippen LogP contribution in [0.4, 0.5) is 4.39 Å². The Kier molecular flexibility index (Phi) is 4.19. The summed E-state index contributed by atoms with van der Waals surface area (Å²) >= 11 is 0. The standard InChI is InChI=1S/C16H18FN3O.ClH/c17-13-5-1-3-11(7-13)8-14-19-15(21-20-14)16-6-2-4-12(16)9-18-10-16;/h1,3,5,7,12,18H,2,4,6,8-10H2;1H/t12-,16-;/m1./s1. The molecule has 118 valence electrons. The van der Waals surface area contributed by atoms with Crippen molar-refractivity contribution in [1.29, 1.82) is 0 Å². The number of halogens is 2. The molecule has 0 amide bonds. The van der Waals surface area contributed by atoms with E-state index in [1.807, 2.05) is 6.07 Å². The average Bonchev–Trinajstić information content (AvgIpc) is 3.12. The van der Waals surface area contributed by atoms with Gasteiger partial charge >= 0.3 is 0 Å². The highest BCUT2D eigenvalue weighted by Gasteiger charge is 2.51. The van der Waals surface area contributed by atoms with Crippen molar-refractivity contribution < 1.29 is 8.91 Å². The number of hydrogen-bond acceptors (Lipinski definition) is 4. The Morgan fingerprint density at radius 3 is 3.18 bits per heavy atom. The zero-order valence-corrected chi connectivity index (χ0v) is 13.0. The molecular formula is C16H19ClFN3O. The third kappa shape index (κ3) is 2.52. The van der Waals surface area contributed by atoms with Crippen LogP contribution in [0.3, 0.4) is 0 Å². The summed E-state index contributed by atoms with van der Waals surface area (Å²) in [6.07, 6.45) is 4.09. The molecule has 4 nitrogen and oxygen atoms in total. The zero-order chi connectivity index (χ0) is 14.3. The molecule has 2 aliphatic rings. The SMILES string of the molecule is Cl.Fc1cccc(Cc2noc([C@@]34CCC[C@@H]3CNC4)n2)c1. The topological polar surface area (TPSA) is 51.0 Å². The molecule has 6 heteroatoms. The van der Waals surface area contributed by atoms with E-state index in [0.717, 1.165) is 31.0 Å². The summed E-state index contributed by atoms with van der Waals surface area (Å²) in [5.74, 6) is 1.79. The highest BCUT2D eigenvalue weighted by Crippen LogP contribution is 2.47. The molecule has 1 saturated heterocycles. The van der Waals surface area contributed by atoms with Crippen LogP contribution in [0.2, 0.25) is 0 Å². The summed E-state index contributed by atoms with van der Waals surface area (Å²) < 4.78 is 18.8. The minimum Gasteiger partial charge on any atom is -0.339 e. The summed E-state index contributed by atoms with van der Waals surface area (Å²) in [5.41, 5.74) is 0.903. The van der Waals surface area contributed by atoms with Gasteiger partial charge in [-0.3, -0.25) is 0 Å². The molecule has 0 spiro atoms. The van der Waals surface area contributed by atoms with Crippen molar-refractivity contribution in [2.24, 2.45) is 5.92 Å². The van der Waals surface area contributed by atoms with Crippen LogP contribution in [0.1, 0.15) is 36.5 Å². The lowest BCUT2D eigenvalue weighted by Gasteiger charge is -2.22. The monoisotopic (exact) mass is 323 g/mol. The van der Waals surface area contributed by atoms with Crippen molar-refractivity contribution in [3.05, 3.63) is 47.4 Å². The number of benzene rings is 1. The molecule has 1 saturated carbocycles. The van der Waals surface area contributed by atoms with Crippen LogP contribution in [0.15, 0.2) is 28.8 Å². The van der Waals surface area contributed by atoms with Crippen LogP contribution in [0.5, 0.6) is 0 Å². The van der Waals surface area contributed by atoms with Gasteiger partial charge in [0.15, 0.2) is 5.82 Å². The maximum absolute atomic E-state index is 13.2. The smallest absolute Gasteiger partial charge is 0.234 e. The predicted molar refractivity (Wildman–Crippen MR) is 82.6 cm³/mol. The van der Waals surface area contributed by atoms with Gasteiger partial charge in [0.25, 0.3) is 0 Å². The number of nitrogens with one attached hydrogen (secondary N) is 1. The first-order chi connectivity index (χ1) is 10.3. The molecule has 1 aromatic heterocycles. The first-order valence-electron chi connectivity index (χ1n) is 7.54. The first-order valence-corrected chi connectivity index (χ1v) is 7.54. The molecule has 1 aliphatic carbocycles. The number of aromatic nitrogens is 2. The quantitative estimate of drug-likeness (QED) is 0.943. The summed E-state index contributed by atoms with van der Waals surface area (Å²) in [6.45, 7) is 1.97. The van der Waals surface area contributed by atoms with Crippen molar-refractivity contribution in [3.63, 3.8) is 0 Å². The van der Waals surface area contributed by atoms with E-state index in [9.17, 15) is 4.39 Å². The van der Waals surface area contributed by atoms with Crippen molar-refractivity contribution in [2.45, 2.75) is 31.1 Å². The molecule has 2 heterocycles. The third-order valence-corrected chi connectivity index (χ3v) is 4.93. The molecule has 1 N–H and O–H groups in total. The van der Waals surface area contributed by atoms with Gasteiger partial charge in [0, 0.05) is 13.0 Å². The second-order valence-electron chi connectivity index (χ2n) is 6.20. The Bertz CT molecular complexity index is 650. The van der Waals surface area contributed by atoms with E-state index in [1.54, 1.807) is 6.07 Å². The van der Waals surface area contributed by atoms with Gasteiger partial charge < -0.3 is 9.84 Å². The number of rotatable bonds is 3. The first kappa shape index (κ1) is 15.4. The van der Waals surface area contributed by atoms with Gasteiger partial charge in [-0.05, 0) is 43.0 Å². The van der Waals surface area contributed by atoms with Gasteiger partial charge in [-0.1, -0.05) is 23.7 Å². The highest BCUT2D eigenvalue weighted by atomic mass is 35.5. The Morgan fingerprint density at radius 2 is 2.32 bits per heavy atom. The van der Waals surface area contributed by atoms with E-state index in [1.165, 1.54) is 25.0 Å². The van der Waals surface area contributed by atoms with Crippen LogP contribution in [0, 0.1) is 11.7 Å². The number of fused-ring (bicyclic) bond motifs is 1. The Morgan fingerprint density at radius 1 is 1.41 bits per heavy atom. The Labute approximate surface area is 134 Å².